The molecule has 0 aromatic carbocycles. The van der Waals surface area contributed by atoms with Crippen molar-refractivity contribution in [3.8, 4) is 5.88 Å². The van der Waals surface area contributed by atoms with Crippen molar-refractivity contribution in [2.45, 2.75) is 25.4 Å². The molecule has 1 unspecified atom stereocenters. The Bertz CT molecular complexity index is 363. The largest absolute Gasteiger partial charge is 0.481 e. The summed E-state index contributed by atoms with van der Waals surface area (Å²) in [4.78, 5) is 6.49. The molecule has 0 saturated carbocycles. The zero-order valence-electron chi connectivity index (χ0n) is 11.5. The summed E-state index contributed by atoms with van der Waals surface area (Å²) in [6.07, 6.45) is 4.32. The Morgan fingerprint density at radius 2 is 2.42 bits per heavy atom. The van der Waals surface area contributed by atoms with Gasteiger partial charge in [0.25, 0.3) is 0 Å². The van der Waals surface area contributed by atoms with Crippen LogP contribution in [0.1, 0.15) is 18.4 Å². The molecule has 19 heavy (non-hydrogen) atoms. The molecule has 1 atom stereocenters. The zero-order valence-corrected chi connectivity index (χ0v) is 11.5. The molecule has 5 nitrogen and oxygen atoms in total. The number of aliphatic hydroxyl groups excluding tert-OH is 1. The van der Waals surface area contributed by atoms with Gasteiger partial charge in [-0.05, 0) is 24.9 Å². The predicted octanol–water partition coefficient (Wildman–Crippen LogP) is 0.636. The van der Waals surface area contributed by atoms with E-state index in [9.17, 15) is 5.11 Å². The number of methoxy groups -OCH3 is 1. The first-order valence-corrected chi connectivity index (χ1v) is 6.87. The Labute approximate surface area is 114 Å². The molecule has 1 aromatic heterocycles. The standard InChI is InChI=1S/C14H23N3O2/c1-19-14-5-4-12(9-16-14)10-17(7-8-18)11-13-3-2-6-15-13/h4-5,9,13,15,18H,2-3,6-8,10-11H2,1H3. The fraction of sp³-hybridized carbons (Fsp3) is 0.643. The maximum Gasteiger partial charge on any atom is 0.212 e. The van der Waals surface area contributed by atoms with Crippen LogP contribution in [0, 0.1) is 0 Å². The van der Waals surface area contributed by atoms with Crippen LogP contribution in [-0.2, 0) is 6.54 Å². The molecule has 5 heteroatoms. The van der Waals surface area contributed by atoms with E-state index in [2.05, 4.69) is 15.2 Å². The smallest absolute Gasteiger partial charge is 0.212 e. The molecule has 0 radical (unpaired) electrons. The van der Waals surface area contributed by atoms with Crippen LogP contribution in [0.5, 0.6) is 5.88 Å². The molecule has 2 heterocycles. The second-order valence-electron chi connectivity index (χ2n) is 4.96. The lowest BCUT2D eigenvalue weighted by Gasteiger charge is -2.24. The van der Waals surface area contributed by atoms with E-state index in [-0.39, 0.29) is 6.61 Å². The number of pyridine rings is 1. The highest BCUT2D eigenvalue weighted by atomic mass is 16.5. The summed E-state index contributed by atoms with van der Waals surface area (Å²) in [6.45, 7) is 3.80. The number of hydrogen-bond donors (Lipinski definition) is 2. The van der Waals surface area contributed by atoms with Gasteiger partial charge in [0, 0.05) is 37.9 Å². The summed E-state index contributed by atoms with van der Waals surface area (Å²) in [7, 11) is 1.62. The van der Waals surface area contributed by atoms with E-state index in [0.29, 0.717) is 18.5 Å². The molecule has 1 fully saturated rings. The van der Waals surface area contributed by atoms with Gasteiger partial charge in [0.15, 0.2) is 0 Å². The summed E-state index contributed by atoms with van der Waals surface area (Å²) in [6, 6.07) is 4.45. The second kappa shape index (κ2) is 7.43. The van der Waals surface area contributed by atoms with E-state index in [0.717, 1.165) is 25.2 Å². The molecular formula is C14H23N3O2. The van der Waals surface area contributed by atoms with Gasteiger partial charge in [0.05, 0.1) is 13.7 Å². The van der Waals surface area contributed by atoms with Crippen LogP contribution in [0.25, 0.3) is 0 Å². The van der Waals surface area contributed by atoms with Crippen molar-refractivity contribution in [2.75, 3.05) is 33.4 Å². The minimum Gasteiger partial charge on any atom is -0.481 e. The van der Waals surface area contributed by atoms with E-state index in [4.69, 9.17) is 4.74 Å². The lowest BCUT2D eigenvalue weighted by molar-refractivity contribution is 0.179. The first-order chi connectivity index (χ1) is 9.31. The topological polar surface area (TPSA) is 57.6 Å². The van der Waals surface area contributed by atoms with Crippen LogP contribution in [0.4, 0.5) is 0 Å². The average Bonchev–Trinajstić information content (AvgIpc) is 2.93. The highest BCUT2D eigenvalue weighted by Gasteiger charge is 2.17. The molecule has 0 bridgehead atoms. The van der Waals surface area contributed by atoms with Gasteiger partial charge in [-0.15, -0.1) is 0 Å². The molecule has 0 aliphatic carbocycles. The summed E-state index contributed by atoms with van der Waals surface area (Å²) >= 11 is 0. The van der Waals surface area contributed by atoms with Crippen molar-refractivity contribution in [1.82, 2.24) is 15.2 Å². The Hall–Kier alpha value is -1.17. The van der Waals surface area contributed by atoms with Crippen molar-refractivity contribution in [3.05, 3.63) is 23.9 Å². The second-order valence-corrected chi connectivity index (χ2v) is 4.96. The van der Waals surface area contributed by atoms with E-state index in [1.165, 1.54) is 12.8 Å². The van der Waals surface area contributed by atoms with Gasteiger partial charge in [0.2, 0.25) is 5.88 Å². The average molecular weight is 265 g/mol. The third-order valence-electron chi connectivity index (χ3n) is 3.47. The summed E-state index contributed by atoms with van der Waals surface area (Å²) < 4.78 is 5.05. The Kier molecular flexibility index (Phi) is 5.57. The molecule has 1 aliphatic rings. The quantitative estimate of drug-likeness (QED) is 0.757. The van der Waals surface area contributed by atoms with Crippen LogP contribution >= 0.6 is 0 Å². The monoisotopic (exact) mass is 265 g/mol. The van der Waals surface area contributed by atoms with Gasteiger partial charge in [0.1, 0.15) is 0 Å². The number of ether oxygens (including phenoxy) is 1. The maximum absolute atomic E-state index is 9.17. The van der Waals surface area contributed by atoms with Crippen molar-refractivity contribution in [1.29, 1.82) is 0 Å². The van der Waals surface area contributed by atoms with Gasteiger partial charge in [-0.1, -0.05) is 6.07 Å². The minimum absolute atomic E-state index is 0.191. The molecule has 2 N–H and O–H groups in total. The van der Waals surface area contributed by atoms with Crippen LogP contribution in [0.15, 0.2) is 18.3 Å². The number of aliphatic hydroxyl groups is 1. The highest BCUT2D eigenvalue weighted by molar-refractivity contribution is 5.17. The first kappa shape index (κ1) is 14.2. The van der Waals surface area contributed by atoms with E-state index < -0.39 is 0 Å². The third kappa shape index (κ3) is 4.45. The molecule has 2 rings (SSSR count). The van der Waals surface area contributed by atoms with E-state index >= 15 is 0 Å². The summed E-state index contributed by atoms with van der Waals surface area (Å²) in [5.74, 6) is 0.634. The number of aromatic nitrogens is 1. The molecule has 106 valence electrons. The summed E-state index contributed by atoms with van der Waals surface area (Å²) in [5.41, 5.74) is 1.15. The van der Waals surface area contributed by atoms with Crippen molar-refractivity contribution in [2.24, 2.45) is 0 Å². The van der Waals surface area contributed by atoms with Gasteiger partial charge in [-0.25, -0.2) is 4.98 Å². The highest BCUT2D eigenvalue weighted by Crippen LogP contribution is 2.12. The van der Waals surface area contributed by atoms with Gasteiger partial charge in [-0.2, -0.15) is 0 Å². The zero-order chi connectivity index (χ0) is 13.5. The Balaban J connectivity index is 1.90. The van der Waals surface area contributed by atoms with Crippen molar-refractivity contribution >= 4 is 0 Å². The minimum atomic E-state index is 0.191. The van der Waals surface area contributed by atoms with Crippen LogP contribution in [0.2, 0.25) is 0 Å². The molecule has 1 saturated heterocycles. The maximum atomic E-state index is 9.17. The number of nitrogens with zero attached hydrogens (tertiary/aromatic N) is 2. The number of rotatable bonds is 7. The number of hydrogen-bond acceptors (Lipinski definition) is 5. The normalized spacial score (nSPS) is 19.0. The van der Waals surface area contributed by atoms with Crippen LogP contribution in [0.3, 0.4) is 0 Å². The van der Waals surface area contributed by atoms with Gasteiger partial charge in [-0.3, -0.25) is 4.90 Å². The molecule has 1 aliphatic heterocycles. The predicted molar refractivity (Wildman–Crippen MR) is 74.2 cm³/mol. The molecule has 1 aromatic rings. The van der Waals surface area contributed by atoms with E-state index in [1.54, 1.807) is 7.11 Å². The molecule has 0 spiro atoms. The van der Waals surface area contributed by atoms with E-state index in [1.807, 2.05) is 18.3 Å². The van der Waals surface area contributed by atoms with Crippen molar-refractivity contribution in [3.63, 3.8) is 0 Å². The lowest BCUT2D eigenvalue weighted by atomic mass is 10.2. The fourth-order valence-electron chi connectivity index (χ4n) is 2.48. The number of nitrogens with one attached hydrogen (secondary N) is 1. The SMILES string of the molecule is COc1ccc(CN(CCO)CC2CCCN2)cn1. The van der Waals surface area contributed by atoms with Gasteiger partial charge >= 0.3 is 0 Å². The van der Waals surface area contributed by atoms with Crippen LogP contribution < -0.4 is 10.1 Å². The third-order valence-corrected chi connectivity index (χ3v) is 3.47. The first-order valence-electron chi connectivity index (χ1n) is 6.87. The van der Waals surface area contributed by atoms with Crippen molar-refractivity contribution < 1.29 is 9.84 Å². The Morgan fingerprint density at radius 3 is 3.00 bits per heavy atom. The van der Waals surface area contributed by atoms with Crippen LogP contribution in [-0.4, -0.2) is 54.4 Å². The van der Waals surface area contributed by atoms with Gasteiger partial charge < -0.3 is 15.2 Å². The molecular weight excluding hydrogens is 242 g/mol. The fourth-order valence-corrected chi connectivity index (χ4v) is 2.48. The Morgan fingerprint density at radius 1 is 1.53 bits per heavy atom. The lowest BCUT2D eigenvalue weighted by Crippen LogP contribution is -2.38. The molecule has 0 amide bonds. The summed E-state index contributed by atoms with van der Waals surface area (Å²) in [5, 5.41) is 12.7.